The lowest BCUT2D eigenvalue weighted by Gasteiger charge is -2.39. The van der Waals surface area contributed by atoms with E-state index in [1.165, 1.54) is 6.42 Å². The number of pyridine rings is 1. The van der Waals surface area contributed by atoms with E-state index in [4.69, 9.17) is 0 Å². The van der Waals surface area contributed by atoms with Crippen molar-refractivity contribution in [1.29, 1.82) is 0 Å². The summed E-state index contributed by atoms with van der Waals surface area (Å²) in [6, 6.07) is 6.92. The molecule has 2 aromatic rings. The summed E-state index contributed by atoms with van der Waals surface area (Å²) in [6.07, 6.45) is 9.09. The molecule has 0 radical (unpaired) electrons. The molecule has 1 aliphatic heterocycles. The van der Waals surface area contributed by atoms with Gasteiger partial charge in [-0.2, -0.15) is 0 Å². The van der Waals surface area contributed by atoms with E-state index in [2.05, 4.69) is 10.6 Å². The van der Waals surface area contributed by atoms with Crippen LogP contribution in [-0.4, -0.2) is 77.2 Å². The van der Waals surface area contributed by atoms with E-state index in [1.807, 2.05) is 50.9 Å². The Bertz CT molecular complexity index is 956. The maximum Gasteiger partial charge on any atom is 0.255 e. The summed E-state index contributed by atoms with van der Waals surface area (Å²) >= 11 is 0. The summed E-state index contributed by atoms with van der Waals surface area (Å²) in [5.41, 5.74) is 1.64. The Hall–Kier alpha value is -2.87. The highest BCUT2D eigenvalue weighted by Gasteiger charge is 2.36. The summed E-state index contributed by atoms with van der Waals surface area (Å²) < 4.78 is 1.94. The number of amides is 3. The third kappa shape index (κ3) is 5.21. The van der Waals surface area contributed by atoms with Gasteiger partial charge >= 0.3 is 0 Å². The van der Waals surface area contributed by atoms with Gasteiger partial charge in [-0.3, -0.25) is 14.4 Å². The first-order valence-corrected chi connectivity index (χ1v) is 12.1. The summed E-state index contributed by atoms with van der Waals surface area (Å²) in [7, 11) is 1.74. The van der Waals surface area contributed by atoms with Crippen LogP contribution in [0.1, 0.15) is 49.4 Å². The minimum atomic E-state index is -0.493. The van der Waals surface area contributed by atoms with E-state index in [9.17, 15) is 14.4 Å². The van der Waals surface area contributed by atoms with Gasteiger partial charge in [-0.25, -0.2) is 0 Å². The van der Waals surface area contributed by atoms with E-state index >= 15 is 0 Å². The fourth-order valence-corrected chi connectivity index (χ4v) is 4.94. The molecule has 1 saturated carbocycles. The second kappa shape index (κ2) is 10.4. The van der Waals surface area contributed by atoms with Crippen LogP contribution in [0.25, 0.3) is 5.52 Å². The average molecular weight is 454 g/mol. The molecule has 2 unspecified atom stereocenters. The minimum Gasteiger partial charge on any atom is -0.343 e. The molecule has 0 aromatic carbocycles. The molecule has 2 N–H and O–H groups in total. The van der Waals surface area contributed by atoms with Crippen molar-refractivity contribution < 1.29 is 14.4 Å². The lowest BCUT2D eigenvalue weighted by atomic mass is 9.83. The monoisotopic (exact) mass is 453 g/mol. The van der Waals surface area contributed by atoms with Crippen molar-refractivity contribution in [3.8, 4) is 0 Å². The van der Waals surface area contributed by atoms with Gasteiger partial charge in [0.15, 0.2) is 0 Å². The lowest BCUT2D eigenvalue weighted by Crippen LogP contribution is -2.59. The molecule has 178 valence electrons. The first-order valence-electron chi connectivity index (χ1n) is 12.1. The molecule has 2 fully saturated rings. The zero-order chi connectivity index (χ0) is 23.4. The molecule has 2 aromatic heterocycles. The number of nitrogens with zero attached hydrogens (tertiary/aromatic N) is 3. The summed E-state index contributed by atoms with van der Waals surface area (Å²) in [5, 5.41) is 5.99. The number of likely N-dealkylation sites (N-methyl/N-ethyl adjacent to an activating group) is 1. The maximum absolute atomic E-state index is 13.5. The fraction of sp³-hybridized carbons (Fsp3) is 0.560. The highest BCUT2D eigenvalue weighted by molar-refractivity contribution is 5.96. The standard InChI is InChI=1S/C25H35N5O3/c1-18(26-2)23(31)27-22(19-8-4-3-5-9-19)25(33)29-14-12-28(13-15-29)24(32)20-16-21-10-6-7-11-30(21)17-20/h6-7,10-11,16-19,22,26H,3-5,8-9,12-15H2,1-2H3,(H,27,31). The Labute approximate surface area is 195 Å². The number of piperazine rings is 1. The second-order valence-electron chi connectivity index (χ2n) is 9.27. The summed E-state index contributed by atoms with van der Waals surface area (Å²) in [4.78, 5) is 42.7. The number of rotatable bonds is 6. The van der Waals surface area contributed by atoms with Gasteiger partial charge < -0.3 is 24.8 Å². The van der Waals surface area contributed by atoms with Crippen molar-refractivity contribution in [3.63, 3.8) is 0 Å². The van der Waals surface area contributed by atoms with Crippen molar-refractivity contribution in [2.75, 3.05) is 33.2 Å². The molecule has 0 bridgehead atoms. The van der Waals surface area contributed by atoms with Crippen LogP contribution in [0.5, 0.6) is 0 Å². The van der Waals surface area contributed by atoms with Gasteiger partial charge in [-0.1, -0.05) is 25.3 Å². The molecule has 2 aliphatic rings. The summed E-state index contributed by atoms with van der Waals surface area (Å²) in [5.74, 6) is 0.00902. The van der Waals surface area contributed by atoms with Gasteiger partial charge in [0.05, 0.1) is 11.6 Å². The van der Waals surface area contributed by atoms with Crippen LogP contribution in [0.3, 0.4) is 0 Å². The van der Waals surface area contributed by atoms with Crippen molar-refractivity contribution in [1.82, 2.24) is 24.8 Å². The maximum atomic E-state index is 13.5. The molecule has 1 saturated heterocycles. The van der Waals surface area contributed by atoms with Crippen molar-refractivity contribution in [2.24, 2.45) is 5.92 Å². The highest BCUT2D eigenvalue weighted by Crippen LogP contribution is 2.28. The quantitative estimate of drug-likeness (QED) is 0.700. The van der Waals surface area contributed by atoms with Crippen LogP contribution >= 0.6 is 0 Å². The number of nitrogens with one attached hydrogen (secondary N) is 2. The molecule has 4 rings (SSSR count). The topological polar surface area (TPSA) is 86.2 Å². The fourth-order valence-electron chi connectivity index (χ4n) is 4.94. The first kappa shape index (κ1) is 23.3. The Kier molecular flexibility index (Phi) is 7.33. The zero-order valence-electron chi connectivity index (χ0n) is 19.6. The third-order valence-electron chi connectivity index (χ3n) is 7.14. The predicted molar refractivity (Wildman–Crippen MR) is 127 cm³/mol. The number of carbonyl (C=O) groups is 3. The Morgan fingerprint density at radius 3 is 2.36 bits per heavy atom. The zero-order valence-corrected chi connectivity index (χ0v) is 19.6. The molecule has 33 heavy (non-hydrogen) atoms. The Morgan fingerprint density at radius 2 is 1.70 bits per heavy atom. The molecule has 0 spiro atoms. The SMILES string of the molecule is CNC(C)C(=O)NC(C(=O)N1CCN(C(=O)c2cc3ccccn3c2)CC1)C1CCCCC1. The van der Waals surface area contributed by atoms with Crippen LogP contribution in [0.15, 0.2) is 36.7 Å². The highest BCUT2D eigenvalue weighted by atomic mass is 16.2. The van der Waals surface area contributed by atoms with Gasteiger partial charge in [-0.15, -0.1) is 0 Å². The number of hydrogen-bond acceptors (Lipinski definition) is 4. The molecule has 8 nitrogen and oxygen atoms in total. The molecule has 2 atom stereocenters. The number of fused-ring (bicyclic) bond motifs is 1. The van der Waals surface area contributed by atoms with Crippen molar-refractivity contribution in [2.45, 2.75) is 51.1 Å². The second-order valence-corrected chi connectivity index (χ2v) is 9.27. The molecule has 8 heteroatoms. The smallest absolute Gasteiger partial charge is 0.255 e. The van der Waals surface area contributed by atoms with E-state index in [1.54, 1.807) is 14.0 Å². The van der Waals surface area contributed by atoms with Gasteiger partial charge in [0, 0.05) is 44.1 Å². The van der Waals surface area contributed by atoms with E-state index in [0.717, 1.165) is 31.2 Å². The Balaban J connectivity index is 1.40. The van der Waals surface area contributed by atoms with Gasteiger partial charge in [0.2, 0.25) is 11.8 Å². The van der Waals surface area contributed by atoms with Crippen LogP contribution < -0.4 is 10.6 Å². The van der Waals surface area contributed by atoms with Crippen molar-refractivity contribution >= 4 is 23.2 Å². The third-order valence-corrected chi connectivity index (χ3v) is 7.14. The molecule has 3 heterocycles. The largest absolute Gasteiger partial charge is 0.343 e. The summed E-state index contributed by atoms with van der Waals surface area (Å²) in [6.45, 7) is 3.76. The molecule has 3 amide bonds. The van der Waals surface area contributed by atoms with Crippen LogP contribution in [0.4, 0.5) is 0 Å². The van der Waals surface area contributed by atoms with E-state index in [0.29, 0.717) is 31.7 Å². The van der Waals surface area contributed by atoms with Crippen molar-refractivity contribution in [3.05, 3.63) is 42.2 Å². The number of aromatic nitrogens is 1. The van der Waals surface area contributed by atoms with Gasteiger partial charge in [0.25, 0.3) is 5.91 Å². The number of hydrogen-bond donors (Lipinski definition) is 2. The van der Waals surface area contributed by atoms with Crippen LogP contribution in [0.2, 0.25) is 0 Å². The first-order chi connectivity index (χ1) is 16.0. The Morgan fingerprint density at radius 1 is 1.00 bits per heavy atom. The lowest BCUT2D eigenvalue weighted by molar-refractivity contribution is -0.140. The van der Waals surface area contributed by atoms with E-state index < -0.39 is 6.04 Å². The van der Waals surface area contributed by atoms with Gasteiger partial charge in [0.1, 0.15) is 6.04 Å². The van der Waals surface area contributed by atoms with E-state index in [-0.39, 0.29) is 29.7 Å². The van der Waals surface area contributed by atoms with Crippen LogP contribution in [0, 0.1) is 5.92 Å². The molecule has 1 aliphatic carbocycles. The molecular formula is C25H35N5O3. The molecular weight excluding hydrogens is 418 g/mol. The predicted octanol–water partition coefficient (Wildman–Crippen LogP) is 1.90. The number of carbonyl (C=O) groups excluding carboxylic acids is 3. The normalized spacial score (nSPS) is 19.3. The van der Waals surface area contributed by atoms with Gasteiger partial charge in [-0.05, 0) is 50.9 Å². The average Bonchev–Trinajstić information content (AvgIpc) is 3.31. The minimum absolute atomic E-state index is 0.00854. The van der Waals surface area contributed by atoms with Crippen LogP contribution in [-0.2, 0) is 9.59 Å².